The van der Waals surface area contributed by atoms with Crippen molar-refractivity contribution < 1.29 is 9.18 Å². The molecule has 1 aliphatic rings. The molecule has 5 nitrogen and oxygen atoms in total. The van der Waals surface area contributed by atoms with E-state index in [9.17, 15) is 9.18 Å². The summed E-state index contributed by atoms with van der Waals surface area (Å²) in [6, 6.07) is 7.03. The topological polar surface area (TPSA) is 82.2 Å². The molecule has 2 aromatic rings. The largest absolute Gasteiger partial charge is 0.399 e. The number of nitrogens with two attached hydrogens (primary N) is 1. The molecular formula is C16H17FN4OS. The first-order valence-corrected chi connectivity index (χ1v) is 7.96. The van der Waals surface area contributed by atoms with Gasteiger partial charge in [0.05, 0.1) is 16.8 Å². The smallest absolute Gasteiger partial charge is 0.231 e. The van der Waals surface area contributed by atoms with Crippen molar-refractivity contribution in [3.63, 3.8) is 0 Å². The van der Waals surface area contributed by atoms with E-state index < -0.39 is 5.54 Å². The van der Waals surface area contributed by atoms with Crippen LogP contribution in [0.2, 0.25) is 0 Å². The van der Waals surface area contributed by atoms with Crippen LogP contribution in [0, 0.1) is 11.2 Å². The summed E-state index contributed by atoms with van der Waals surface area (Å²) in [5.41, 5.74) is 6.56. The lowest BCUT2D eigenvalue weighted by atomic mass is 9.91. The Bertz CT molecular complexity index is 783. The van der Waals surface area contributed by atoms with Crippen molar-refractivity contribution in [3.8, 4) is 11.1 Å². The summed E-state index contributed by atoms with van der Waals surface area (Å²) in [7, 11) is 1.53. The number of nitrogens with zero attached hydrogens (tertiary/aromatic N) is 1. The van der Waals surface area contributed by atoms with Crippen LogP contribution in [0.5, 0.6) is 0 Å². The highest BCUT2D eigenvalue weighted by atomic mass is 32.1. The number of rotatable bonds is 2. The third-order valence-electron chi connectivity index (χ3n) is 4.04. The van der Waals surface area contributed by atoms with Crippen LogP contribution in [0.1, 0.15) is 18.2 Å². The third kappa shape index (κ3) is 2.57. The van der Waals surface area contributed by atoms with Crippen molar-refractivity contribution in [2.24, 2.45) is 0 Å². The van der Waals surface area contributed by atoms with Crippen LogP contribution >= 0.6 is 11.3 Å². The second kappa shape index (κ2) is 5.34. The summed E-state index contributed by atoms with van der Waals surface area (Å²) in [5.74, 6) is -0.614. The molecule has 0 bridgehead atoms. The van der Waals surface area contributed by atoms with Gasteiger partial charge in [-0.05, 0) is 24.6 Å². The number of nitrogens with one attached hydrogen (secondary N) is 2. The second-order valence-corrected chi connectivity index (χ2v) is 6.73. The van der Waals surface area contributed by atoms with E-state index in [1.54, 1.807) is 36.6 Å². The quantitative estimate of drug-likeness (QED) is 0.740. The van der Waals surface area contributed by atoms with Gasteiger partial charge in [-0.1, -0.05) is 12.1 Å². The molecule has 0 radical (unpaired) electrons. The molecule has 3 rings (SSSR count). The lowest BCUT2D eigenvalue weighted by Crippen LogP contribution is -2.58. The summed E-state index contributed by atoms with van der Waals surface area (Å²) in [6.45, 7) is 1.74. The maximum atomic E-state index is 15.0. The predicted octanol–water partition coefficient (Wildman–Crippen LogP) is 2.74. The van der Waals surface area contributed by atoms with E-state index in [1.807, 2.05) is 0 Å². The first-order chi connectivity index (χ1) is 10.8. The Morgan fingerprint density at radius 1 is 1.48 bits per heavy atom. The molecule has 0 saturated carbocycles. The van der Waals surface area contributed by atoms with Gasteiger partial charge < -0.3 is 11.1 Å². The van der Waals surface area contributed by atoms with Gasteiger partial charge in [-0.3, -0.25) is 15.1 Å². The van der Waals surface area contributed by atoms with Gasteiger partial charge in [-0.2, -0.15) is 0 Å². The number of guanidine groups is 1. The maximum absolute atomic E-state index is 15.0. The van der Waals surface area contributed by atoms with Gasteiger partial charge in [0.2, 0.25) is 5.91 Å². The molecule has 7 heteroatoms. The van der Waals surface area contributed by atoms with Crippen LogP contribution in [0.15, 0.2) is 29.6 Å². The van der Waals surface area contributed by atoms with Gasteiger partial charge in [-0.25, -0.2) is 4.39 Å². The normalized spacial score (nSPS) is 21.4. The average Bonchev–Trinajstić information content (AvgIpc) is 2.87. The Hall–Kier alpha value is -2.41. The molecule has 1 aromatic heterocycles. The van der Waals surface area contributed by atoms with Crippen molar-refractivity contribution >= 4 is 28.9 Å². The van der Waals surface area contributed by atoms with Gasteiger partial charge >= 0.3 is 0 Å². The van der Waals surface area contributed by atoms with Gasteiger partial charge in [0.25, 0.3) is 0 Å². The Kier molecular flexibility index (Phi) is 3.60. The zero-order valence-corrected chi connectivity index (χ0v) is 13.6. The van der Waals surface area contributed by atoms with Crippen LogP contribution in [0.4, 0.5) is 10.1 Å². The molecule has 0 spiro atoms. The number of hydrogen-bond donors (Lipinski definition) is 3. The molecule has 2 heterocycles. The van der Waals surface area contributed by atoms with E-state index in [0.717, 1.165) is 0 Å². The van der Waals surface area contributed by atoms with Gasteiger partial charge in [0.1, 0.15) is 5.82 Å². The van der Waals surface area contributed by atoms with Crippen molar-refractivity contribution in [2.45, 2.75) is 18.9 Å². The minimum atomic E-state index is -0.923. The lowest BCUT2D eigenvalue weighted by Gasteiger charge is -2.38. The fourth-order valence-electron chi connectivity index (χ4n) is 2.69. The summed E-state index contributed by atoms with van der Waals surface area (Å²) >= 11 is 1.24. The molecule has 1 aliphatic heterocycles. The molecule has 23 heavy (non-hydrogen) atoms. The molecule has 0 unspecified atom stereocenters. The number of nitrogen functional groups attached to an aromatic ring is 1. The highest BCUT2D eigenvalue weighted by Crippen LogP contribution is 2.39. The van der Waals surface area contributed by atoms with Crippen LogP contribution in [0.3, 0.4) is 0 Å². The maximum Gasteiger partial charge on any atom is 0.231 e. The van der Waals surface area contributed by atoms with Gasteiger partial charge in [0.15, 0.2) is 5.96 Å². The number of halogens is 1. The zero-order valence-electron chi connectivity index (χ0n) is 12.8. The monoisotopic (exact) mass is 332 g/mol. The third-order valence-corrected chi connectivity index (χ3v) is 5.26. The summed E-state index contributed by atoms with van der Waals surface area (Å²) < 4.78 is 15.0. The molecule has 1 saturated heterocycles. The highest BCUT2D eigenvalue weighted by Gasteiger charge is 2.41. The van der Waals surface area contributed by atoms with E-state index in [1.165, 1.54) is 23.3 Å². The van der Waals surface area contributed by atoms with Crippen LogP contribution in [0.25, 0.3) is 11.1 Å². The number of benzene rings is 1. The van der Waals surface area contributed by atoms with Gasteiger partial charge in [0, 0.05) is 23.7 Å². The standard InChI is InChI=1S/C16H17FN4OS/c1-16(7-12(22)21(2)15(19)20-16)14-13(17)11(8-23-14)9-4-3-5-10(18)6-9/h3-6,8H,7,18H2,1-2H3,(H2,19,20)/t16-/m0/s1. The van der Waals surface area contributed by atoms with E-state index in [2.05, 4.69) is 5.32 Å². The molecule has 1 atom stereocenters. The fraction of sp³-hybridized carbons (Fsp3) is 0.250. The number of amides is 1. The molecule has 0 aliphatic carbocycles. The molecule has 1 amide bonds. The minimum absolute atomic E-state index is 0.0259. The van der Waals surface area contributed by atoms with Gasteiger partial charge in [-0.15, -0.1) is 11.3 Å². The number of thiophene rings is 1. The first-order valence-electron chi connectivity index (χ1n) is 7.08. The average molecular weight is 332 g/mol. The molecule has 120 valence electrons. The van der Waals surface area contributed by atoms with Crippen molar-refractivity contribution in [1.82, 2.24) is 10.2 Å². The Morgan fingerprint density at radius 3 is 2.87 bits per heavy atom. The van der Waals surface area contributed by atoms with E-state index in [0.29, 0.717) is 21.7 Å². The SMILES string of the molecule is CN1C(=N)N[C@](C)(c2scc(-c3cccc(N)c3)c2F)CC1=O. The molecule has 4 N–H and O–H groups in total. The number of carbonyl (C=O) groups is 1. The Labute approximate surface area is 137 Å². The number of anilines is 1. The summed E-state index contributed by atoms with van der Waals surface area (Å²) in [4.78, 5) is 13.7. The molecule has 1 aromatic carbocycles. The van der Waals surface area contributed by atoms with E-state index >= 15 is 0 Å². The Morgan fingerprint density at radius 2 is 2.22 bits per heavy atom. The van der Waals surface area contributed by atoms with Crippen molar-refractivity contribution in [3.05, 3.63) is 40.3 Å². The van der Waals surface area contributed by atoms with Crippen LogP contribution in [-0.4, -0.2) is 23.8 Å². The predicted molar refractivity (Wildman–Crippen MR) is 89.7 cm³/mol. The van der Waals surface area contributed by atoms with Crippen molar-refractivity contribution in [2.75, 3.05) is 12.8 Å². The minimum Gasteiger partial charge on any atom is -0.399 e. The van der Waals surface area contributed by atoms with E-state index in [-0.39, 0.29) is 24.1 Å². The van der Waals surface area contributed by atoms with Crippen LogP contribution < -0.4 is 11.1 Å². The zero-order chi connectivity index (χ0) is 16.8. The molecule has 1 fully saturated rings. The highest BCUT2D eigenvalue weighted by molar-refractivity contribution is 7.10. The summed E-state index contributed by atoms with van der Waals surface area (Å²) in [6.07, 6.45) is 0.0969. The van der Waals surface area contributed by atoms with E-state index in [4.69, 9.17) is 11.1 Å². The molecular weight excluding hydrogens is 315 g/mol. The van der Waals surface area contributed by atoms with Crippen LogP contribution in [-0.2, 0) is 10.3 Å². The second-order valence-electron chi connectivity index (χ2n) is 5.85. The Balaban J connectivity index is 2.02. The van der Waals surface area contributed by atoms with Crippen molar-refractivity contribution in [1.29, 1.82) is 5.41 Å². The number of hydrogen-bond acceptors (Lipinski definition) is 4. The lowest BCUT2D eigenvalue weighted by molar-refractivity contribution is -0.129. The number of carbonyl (C=O) groups excluding carboxylic acids is 1. The first kappa shape index (κ1) is 15.5. The fourth-order valence-corrected chi connectivity index (χ4v) is 3.76. The summed E-state index contributed by atoms with van der Waals surface area (Å²) in [5, 5.41) is 12.5.